The number of phenolic OH excluding ortho intramolecular Hbond substituents is 1. The number of nitrogens with two attached hydrogens (primary N) is 1. The number of rotatable bonds is 19. The Hall–Kier alpha value is -3.66. The van der Waals surface area contributed by atoms with E-state index in [0.717, 1.165) is 5.56 Å². The average Bonchev–Trinajstić information content (AvgIpc) is 3.00. The molecule has 4 amide bonds. The SMILES string of the molecule is CCCCC(NC(=O)[C@H](Cc1ccccc1)NC(=O)CNC(=O)[C@@H](CCSC)NC(=O)[C@@H](N)Cc1ccc(O)cc1)S(=O)(=O)O. The first kappa shape index (κ1) is 37.5. The molecule has 13 nitrogen and oxygen atoms in total. The van der Waals surface area contributed by atoms with Crippen molar-refractivity contribution < 1.29 is 37.3 Å². The van der Waals surface area contributed by atoms with Gasteiger partial charge < -0.3 is 32.1 Å². The van der Waals surface area contributed by atoms with E-state index in [-0.39, 0.29) is 31.4 Å². The maximum absolute atomic E-state index is 13.1. The number of unbranched alkanes of at least 4 members (excludes halogenated alkanes) is 1. The van der Waals surface area contributed by atoms with Gasteiger partial charge in [0.05, 0.1) is 12.6 Å². The summed E-state index contributed by atoms with van der Waals surface area (Å²) in [5, 5.41) is 17.9. The fourth-order valence-corrected chi connectivity index (χ4v) is 5.50. The van der Waals surface area contributed by atoms with Crippen molar-refractivity contribution in [3.8, 4) is 5.75 Å². The Morgan fingerprint density at radius 2 is 1.49 bits per heavy atom. The summed E-state index contributed by atoms with van der Waals surface area (Å²) in [4.78, 5) is 51.8. The van der Waals surface area contributed by atoms with E-state index in [1.807, 2.05) is 13.2 Å². The van der Waals surface area contributed by atoms with Gasteiger partial charge in [-0.05, 0) is 54.5 Å². The van der Waals surface area contributed by atoms with Gasteiger partial charge in [-0.1, -0.05) is 62.2 Å². The summed E-state index contributed by atoms with van der Waals surface area (Å²) in [6.07, 6.45) is 3.35. The summed E-state index contributed by atoms with van der Waals surface area (Å²) in [6.45, 7) is 1.30. The molecule has 0 radical (unpaired) electrons. The van der Waals surface area contributed by atoms with Gasteiger partial charge in [0.1, 0.15) is 17.8 Å². The minimum absolute atomic E-state index is 0.00904. The zero-order chi connectivity index (χ0) is 33.4. The Bertz CT molecular complexity index is 1360. The van der Waals surface area contributed by atoms with Crippen LogP contribution in [-0.2, 0) is 42.1 Å². The number of carbonyl (C=O) groups is 4. The lowest BCUT2D eigenvalue weighted by atomic mass is 10.0. The van der Waals surface area contributed by atoms with Crippen molar-refractivity contribution in [2.75, 3.05) is 18.6 Å². The second-order valence-electron chi connectivity index (χ2n) is 10.5. The number of benzene rings is 2. The van der Waals surface area contributed by atoms with Crippen LogP contribution >= 0.6 is 11.8 Å². The molecule has 0 bridgehead atoms. The molecular weight excluding hydrogens is 622 g/mol. The topological polar surface area (TPSA) is 217 Å². The molecule has 1 unspecified atom stereocenters. The Morgan fingerprint density at radius 3 is 2.09 bits per heavy atom. The lowest BCUT2D eigenvalue weighted by molar-refractivity contribution is -0.132. The maximum atomic E-state index is 13.1. The fraction of sp³-hybridized carbons (Fsp3) is 0.467. The molecular formula is C30H43N5O8S2. The average molecular weight is 666 g/mol. The number of carbonyl (C=O) groups excluding carboxylic acids is 4. The molecule has 0 aliphatic carbocycles. The first-order valence-electron chi connectivity index (χ1n) is 14.5. The van der Waals surface area contributed by atoms with Gasteiger partial charge in [-0.2, -0.15) is 20.2 Å². The van der Waals surface area contributed by atoms with E-state index in [1.165, 1.54) is 23.9 Å². The Labute approximate surface area is 268 Å². The number of amides is 4. The number of nitrogens with one attached hydrogen (secondary N) is 4. The molecule has 0 aliphatic rings. The second kappa shape index (κ2) is 19.0. The van der Waals surface area contributed by atoms with E-state index in [4.69, 9.17) is 5.73 Å². The van der Waals surface area contributed by atoms with Gasteiger partial charge in [0.25, 0.3) is 10.1 Å². The summed E-state index contributed by atoms with van der Waals surface area (Å²) in [7, 11) is -4.60. The third-order valence-corrected chi connectivity index (χ3v) is 8.53. The monoisotopic (exact) mass is 665 g/mol. The summed E-state index contributed by atoms with van der Waals surface area (Å²) < 4.78 is 33.4. The molecule has 2 aromatic rings. The molecule has 0 saturated heterocycles. The van der Waals surface area contributed by atoms with E-state index in [1.54, 1.807) is 42.5 Å². The zero-order valence-corrected chi connectivity index (χ0v) is 27.0. The minimum Gasteiger partial charge on any atom is -0.508 e. The second-order valence-corrected chi connectivity index (χ2v) is 13.1. The first-order valence-corrected chi connectivity index (χ1v) is 17.4. The number of hydrogen-bond acceptors (Lipinski definition) is 9. The molecule has 0 aromatic heterocycles. The molecule has 45 heavy (non-hydrogen) atoms. The molecule has 248 valence electrons. The van der Waals surface area contributed by atoms with E-state index in [0.29, 0.717) is 24.2 Å². The molecule has 15 heteroatoms. The van der Waals surface area contributed by atoms with Gasteiger partial charge in [0.15, 0.2) is 5.37 Å². The van der Waals surface area contributed by atoms with Crippen molar-refractivity contribution in [2.45, 2.75) is 68.9 Å². The van der Waals surface area contributed by atoms with Crippen LogP contribution in [0.2, 0.25) is 0 Å². The van der Waals surface area contributed by atoms with Gasteiger partial charge in [-0.25, -0.2) is 0 Å². The van der Waals surface area contributed by atoms with Crippen molar-refractivity contribution in [2.24, 2.45) is 5.73 Å². The van der Waals surface area contributed by atoms with E-state index >= 15 is 0 Å². The highest BCUT2D eigenvalue weighted by Gasteiger charge is 2.30. The summed E-state index contributed by atoms with van der Waals surface area (Å²) >= 11 is 1.46. The highest BCUT2D eigenvalue weighted by molar-refractivity contribution is 7.98. The Balaban J connectivity index is 2.06. The lowest BCUT2D eigenvalue weighted by Gasteiger charge is -2.23. The predicted octanol–water partition coefficient (Wildman–Crippen LogP) is 0.864. The van der Waals surface area contributed by atoms with E-state index in [9.17, 15) is 37.3 Å². The van der Waals surface area contributed by atoms with Gasteiger partial charge in [-0.3, -0.25) is 23.7 Å². The minimum atomic E-state index is -4.60. The third-order valence-electron chi connectivity index (χ3n) is 6.81. The van der Waals surface area contributed by atoms with Crippen molar-refractivity contribution in [1.29, 1.82) is 0 Å². The Morgan fingerprint density at radius 1 is 0.844 bits per heavy atom. The van der Waals surface area contributed by atoms with Gasteiger partial charge in [0.2, 0.25) is 23.6 Å². The fourth-order valence-electron chi connectivity index (χ4n) is 4.30. The van der Waals surface area contributed by atoms with Crippen LogP contribution in [0.5, 0.6) is 5.75 Å². The zero-order valence-electron chi connectivity index (χ0n) is 25.4. The summed E-state index contributed by atoms with van der Waals surface area (Å²) in [5.74, 6) is -2.12. The van der Waals surface area contributed by atoms with Crippen LogP contribution in [-0.4, -0.2) is 83.8 Å². The van der Waals surface area contributed by atoms with Crippen LogP contribution in [0, 0.1) is 0 Å². The van der Waals surface area contributed by atoms with Gasteiger partial charge >= 0.3 is 0 Å². The molecule has 2 rings (SSSR count). The number of aromatic hydroxyl groups is 1. The van der Waals surface area contributed by atoms with Crippen molar-refractivity contribution in [3.63, 3.8) is 0 Å². The van der Waals surface area contributed by atoms with Crippen molar-refractivity contribution >= 4 is 45.5 Å². The smallest absolute Gasteiger partial charge is 0.286 e. The molecule has 0 fully saturated rings. The van der Waals surface area contributed by atoms with Crippen LogP contribution in [0.4, 0.5) is 0 Å². The quantitative estimate of drug-likeness (QED) is 0.105. The normalized spacial score (nSPS) is 14.0. The first-order chi connectivity index (χ1) is 21.3. The predicted molar refractivity (Wildman–Crippen MR) is 173 cm³/mol. The van der Waals surface area contributed by atoms with E-state index in [2.05, 4.69) is 21.3 Å². The standard InChI is InChI=1S/C30H43N5O8S2/c1-3-4-10-27(45(41,42)43)35-30(40)25(18-20-8-6-5-7-9-20)33-26(37)19-32-29(39)24(15-16-44-2)34-28(38)23(31)17-21-11-13-22(36)14-12-21/h5-9,11-14,23-25,27,36H,3-4,10,15-19,31H2,1-2H3,(H,32,39)(H,33,37)(H,34,38)(H,35,40)(H,41,42,43)/t23-,24+,25-,27?/m0/s1. The molecule has 0 spiro atoms. The van der Waals surface area contributed by atoms with Crippen LogP contribution in [0.15, 0.2) is 54.6 Å². The van der Waals surface area contributed by atoms with Crippen molar-refractivity contribution in [3.05, 3.63) is 65.7 Å². The maximum Gasteiger partial charge on any atom is 0.286 e. The third kappa shape index (κ3) is 13.9. The van der Waals surface area contributed by atoms with Gasteiger partial charge in [0, 0.05) is 6.42 Å². The van der Waals surface area contributed by atoms with E-state index < -0.39 is 63.8 Å². The summed E-state index contributed by atoms with van der Waals surface area (Å²) in [6, 6.07) is 11.8. The molecule has 0 saturated carbocycles. The Kier molecular flexibility index (Phi) is 15.8. The van der Waals surface area contributed by atoms with Crippen LogP contribution < -0.4 is 27.0 Å². The number of thioether (sulfide) groups is 1. The molecule has 2 aromatic carbocycles. The molecule has 0 aliphatic heterocycles. The van der Waals surface area contributed by atoms with Crippen LogP contribution in [0.25, 0.3) is 0 Å². The molecule has 8 N–H and O–H groups in total. The molecule has 4 atom stereocenters. The number of hydrogen-bond donors (Lipinski definition) is 7. The highest BCUT2D eigenvalue weighted by atomic mass is 32.2. The highest BCUT2D eigenvalue weighted by Crippen LogP contribution is 2.12. The van der Waals surface area contributed by atoms with Gasteiger partial charge in [-0.15, -0.1) is 0 Å². The van der Waals surface area contributed by atoms with Crippen LogP contribution in [0.1, 0.15) is 43.7 Å². The van der Waals surface area contributed by atoms with Crippen molar-refractivity contribution in [1.82, 2.24) is 21.3 Å². The largest absolute Gasteiger partial charge is 0.508 e. The lowest BCUT2D eigenvalue weighted by Crippen LogP contribution is -2.55. The summed E-state index contributed by atoms with van der Waals surface area (Å²) in [5.41, 5.74) is 7.46. The number of phenols is 1. The molecule has 0 heterocycles. The van der Waals surface area contributed by atoms with Crippen LogP contribution in [0.3, 0.4) is 0 Å².